The monoisotopic (exact) mass is 365 g/mol. The smallest absolute Gasteiger partial charge is 0.234 e. The van der Waals surface area contributed by atoms with Gasteiger partial charge in [0, 0.05) is 13.1 Å². The lowest BCUT2D eigenvalue weighted by Crippen LogP contribution is -2.45. The number of rotatable bonds is 6. The van der Waals surface area contributed by atoms with E-state index in [1.54, 1.807) is 0 Å². The second-order valence-corrected chi connectivity index (χ2v) is 7.71. The molecule has 146 valence electrons. The number of piperidine rings is 1. The topological polar surface area (TPSA) is 20.3 Å². The summed E-state index contributed by atoms with van der Waals surface area (Å²) in [6.45, 7) is 6.37. The van der Waals surface area contributed by atoms with Crippen molar-refractivity contribution in [3.63, 3.8) is 0 Å². The van der Waals surface area contributed by atoms with Gasteiger partial charge in [-0.2, -0.15) is 0 Å². The Morgan fingerprint density at radius 1 is 1.04 bits per heavy atom. The van der Waals surface area contributed by atoms with Gasteiger partial charge in [0.1, 0.15) is 0 Å². The number of hydrogen-bond acceptors (Lipinski definition) is 1. The van der Waals surface area contributed by atoms with Gasteiger partial charge in [0.2, 0.25) is 5.91 Å². The third-order valence-electron chi connectivity index (χ3n) is 5.84. The number of likely N-dealkylation sites (tertiary alicyclic amines) is 1. The second-order valence-electron chi connectivity index (χ2n) is 7.71. The lowest BCUT2D eigenvalue weighted by Gasteiger charge is -2.38. The van der Waals surface area contributed by atoms with E-state index in [-0.39, 0.29) is 19.3 Å². The molecule has 0 spiro atoms. The van der Waals surface area contributed by atoms with Gasteiger partial charge in [0.25, 0.3) is 0 Å². The number of amides is 1. The molecule has 2 heteroatoms. The predicted molar refractivity (Wildman–Crippen MR) is 115 cm³/mol. The molecule has 1 aliphatic rings. The average molecular weight is 366 g/mol. The van der Waals surface area contributed by atoms with Gasteiger partial charge in [0.05, 0.1) is 5.92 Å². The van der Waals surface area contributed by atoms with E-state index in [1.807, 2.05) is 36.4 Å². The van der Waals surface area contributed by atoms with Gasteiger partial charge in [-0.1, -0.05) is 101 Å². The first-order valence-corrected chi connectivity index (χ1v) is 10.1. The van der Waals surface area contributed by atoms with E-state index in [2.05, 4.69) is 43.0 Å². The molecule has 0 aromatic heterocycles. The summed E-state index contributed by atoms with van der Waals surface area (Å²) in [7, 11) is 0. The van der Waals surface area contributed by atoms with Crippen molar-refractivity contribution in [2.45, 2.75) is 52.9 Å². The van der Waals surface area contributed by atoms with Crippen LogP contribution >= 0.6 is 0 Å². The number of carbonyl (C=O) groups is 1. The van der Waals surface area contributed by atoms with Gasteiger partial charge in [-0.15, -0.1) is 0 Å². The summed E-state index contributed by atoms with van der Waals surface area (Å²) < 4.78 is 0. The molecule has 0 saturated carbocycles. The third-order valence-corrected chi connectivity index (χ3v) is 5.84. The van der Waals surface area contributed by atoms with Crippen molar-refractivity contribution >= 4 is 5.91 Å². The molecule has 0 aliphatic carbocycles. The lowest BCUT2D eigenvalue weighted by molar-refractivity contribution is -0.134. The third kappa shape index (κ3) is 5.22. The Morgan fingerprint density at radius 2 is 1.59 bits per heavy atom. The van der Waals surface area contributed by atoms with E-state index in [0.29, 0.717) is 5.92 Å². The quantitative estimate of drug-likeness (QED) is 0.603. The average Bonchev–Trinajstić information content (AvgIpc) is 2.69. The van der Waals surface area contributed by atoms with Crippen molar-refractivity contribution in [3.8, 4) is 0 Å². The van der Waals surface area contributed by atoms with Gasteiger partial charge in [0.15, 0.2) is 0 Å². The van der Waals surface area contributed by atoms with Gasteiger partial charge in [-0.05, 0) is 29.4 Å². The molecule has 1 heterocycles. The molecule has 0 radical (unpaired) electrons. The summed E-state index contributed by atoms with van der Waals surface area (Å²) in [6, 6.07) is 20.4. The largest absolute Gasteiger partial charge is 0.342 e. The molecule has 1 aliphatic heterocycles. The Labute approximate surface area is 165 Å². The number of carbonyl (C=O) groups excluding carboxylic acids is 1. The summed E-state index contributed by atoms with van der Waals surface area (Å²) in [5.74, 6) is 1.41. The number of unbranched alkanes of at least 4 members (excludes halogenated alkanes) is 1. The van der Waals surface area contributed by atoms with Crippen LogP contribution in [-0.2, 0) is 4.79 Å². The molecule has 0 bridgehead atoms. The fraction of sp³-hybridized carbons (Fsp3) is 0.480. The van der Waals surface area contributed by atoms with E-state index in [1.165, 1.54) is 19.3 Å². The lowest BCUT2D eigenvalue weighted by atomic mass is 9.82. The molecule has 1 amide bonds. The Balaban J connectivity index is 0.00000261. The van der Waals surface area contributed by atoms with Crippen LogP contribution in [0.1, 0.15) is 64.0 Å². The normalized spacial score (nSPS) is 19.6. The Bertz CT molecular complexity index is 642. The molecular formula is C25H35NO. The van der Waals surface area contributed by atoms with E-state index >= 15 is 0 Å². The van der Waals surface area contributed by atoms with Crippen LogP contribution in [0.25, 0.3) is 0 Å². The Morgan fingerprint density at radius 3 is 2.07 bits per heavy atom. The zero-order chi connectivity index (χ0) is 18.4. The molecule has 2 aromatic carbocycles. The first-order chi connectivity index (χ1) is 12.7. The standard InChI is InChI=1S/C24H31NO.CH4/c1-3-4-11-20-16-17-25(18-19(20)2)24(26)23(21-12-7-5-8-13-21)22-14-9-6-10-15-22;/h5-10,12-15,19-20,23H,3-4,11,16-18H2,1-2H3;1H4. The van der Waals surface area contributed by atoms with Crippen molar-refractivity contribution in [2.75, 3.05) is 13.1 Å². The highest BCUT2D eigenvalue weighted by molar-refractivity contribution is 5.87. The van der Waals surface area contributed by atoms with Crippen LogP contribution in [-0.4, -0.2) is 23.9 Å². The van der Waals surface area contributed by atoms with Crippen molar-refractivity contribution in [2.24, 2.45) is 11.8 Å². The van der Waals surface area contributed by atoms with Crippen LogP contribution in [0.2, 0.25) is 0 Å². The van der Waals surface area contributed by atoms with E-state index in [9.17, 15) is 4.79 Å². The van der Waals surface area contributed by atoms with Crippen LogP contribution in [0.3, 0.4) is 0 Å². The SMILES string of the molecule is C.CCCCC1CCN(C(=O)C(c2ccccc2)c2ccccc2)CC1C. The van der Waals surface area contributed by atoms with E-state index in [4.69, 9.17) is 0 Å². The van der Waals surface area contributed by atoms with Gasteiger partial charge < -0.3 is 4.90 Å². The zero-order valence-corrected chi connectivity index (χ0v) is 16.1. The number of nitrogens with zero attached hydrogens (tertiary/aromatic N) is 1. The maximum Gasteiger partial charge on any atom is 0.234 e. The van der Waals surface area contributed by atoms with Gasteiger partial charge in [-0.3, -0.25) is 4.79 Å². The van der Waals surface area contributed by atoms with Crippen molar-refractivity contribution in [1.29, 1.82) is 0 Å². The minimum atomic E-state index is -0.197. The molecule has 0 N–H and O–H groups in total. The van der Waals surface area contributed by atoms with Crippen LogP contribution in [0.15, 0.2) is 60.7 Å². The molecule has 2 nitrogen and oxygen atoms in total. The highest BCUT2D eigenvalue weighted by atomic mass is 16.2. The fourth-order valence-corrected chi connectivity index (χ4v) is 4.24. The maximum atomic E-state index is 13.5. The number of hydrogen-bond donors (Lipinski definition) is 0. The van der Waals surface area contributed by atoms with E-state index < -0.39 is 0 Å². The summed E-state index contributed by atoms with van der Waals surface area (Å²) in [4.78, 5) is 15.6. The van der Waals surface area contributed by atoms with E-state index in [0.717, 1.165) is 36.6 Å². The van der Waals surface area contributed by atoms with Crippen LogP contribution in [0.5, 0.6) is 0 Å². The molecule has 3 rings (SSSR count). The summed E-state index contributed by atoms with van der Waals surface area (Å²) in [5.41, 5.74) is 2.17. The second kappa shape index (κ2) is 10.3. The molecular weight excluding hydrogens is 330 g/mol. The minimum Gasteiger partial charge on any atom is -0.342 e. The fourth-order valence-electron chi connectivity index (χ4n) is 4.24. The molecule has 1 saturated heterocycles. The van der Waals surface area contributed by atoms with Gasteiger partial charge >= 0.3 is 0 Å². The molecule has 2 atom stereocenters. The van der Waals surface area contributed by atoms with Crippen LogP contribution < -0.4 is 0 Å². The minimum absolute atomic E-state index is 0. The highest BCUT2D eigenvalue weighted by Gasteiger charge is 2.33. The molecule has 1 fully saturated rings. The Hall–Kier alpha value is -2.09. The summed E-state index contributed by atoms with van der Waals surface area (Å²) >= 11 is 0. The van der Waals surface area contributed by atoms with Crippen molar-refractivity contribution in [1.82, 2.24) is 4.90 Å². The van der Waals surface area contributed by atoms with Gasteiger partial charge in [-0.25, -0.2) is 0 Å². The Kier molecular flexibility index (Phi) is 8.09. The first-order valence-electron chi connectivity index (χ1n) is 10.1. The predicted octanol–water partition coefficient (Wildman–Crippen LogP) is 6.13. The van der Waals surface area contributed by atoms with Crippen LogP contribution in [0.4, 0.5) is 0 Å². The van der Waals surface area contributed by atoms with Crippen molar-refractivity contribution < 1.29 is 4.79 Å². The molecule has 2 unspecified atom stereocenters. The highest BCUT2D eigenvalue weighted by Crippen LogP contribution is 2.32. The van der Waals surface area contributed by atoms with Crippen molar-refractivity contribution in [3.05, 3.63) is 71.8 Å². The number of benzene rings is 2. The van der Waals surface area contributed by atoms with Crippen LogP contribution in [0, 0.1) is 11.8 Å². The molecule has 2 aromatic rings. The summed E-state index contributed by atoms with van der Waals surface area (Å²) in [6.07, 6.45) is 5.01. The molecule has 27 heavy (non-hydrogen) atoms. The zero-order valence-electron chi connectivity index (χ0n) is 16.1. The first kappa shape index (κ1) is 21.2. The maximum absolute atomic E-state index is 13.5. The summed E-state index contributed by atoms with van der Waals surface area (Å²) in [5, 5.41) is 0.